The van der Waals surface area contributed by atoms with Gasteiger partial charge in [-0.3, -0.25) is 4.79 Å². The number of carbonyl (C=O) groups is 1. The lowest BCUT2D eigenvalue weighted by atomic mass is 10.1. The van der Waals surface area contributed by atoms with Gasteiger partial charge >= 0.3 is 0 Å². The molecule has 6 heteroatoms. The summed E-state index contributed by atoms with van der Waals surface area (Å²) in [5.41, 5.74) is 0.0850. The van der Waals surface area contributed by atoms with Crippen molar-refractivity contribution in [3.63, 3.8) is 0 Å². The molecule has 1 aromatic carbocycles. The molecule has 1 heterocycles. The second kappa shape index (κ2) is 4.44. The predicted octanol–water partition coefficient (Wildman–Crippen LogP) is 1.20. The van der Waals surface area contributed by atoms with E-state index in [1.807, 2.05) is 0 Å². The third-order valence-electron chi connectivity index (χ3n) is 2.73. The molecule has 0 unspecified atom stereocenters. The van der Waals surface area contributed by atoms with Gasteiger partial charge in [0.1, 0.15) is 5.82 Å². The molecule has 1 amide bonds. The summed E-state index contributed by atoms with van der Waals surface area (Å²) in [5, 5.41) is 2.41. The van der Waals surface area contributed by atoms with Crippen LogP contribution in [-0.4, -0.2) is 25.8 Å². The quantitative estimate of drug-likeness (QED) is 0.865. The lowest BCUT2D eigenvalue weighted by Gasteiger charge is -2.09. The van der Waals surface area contributed by atoms with Crippen molar-refractivity contribution in [2.45, 2.75) is 6.42 Å². The standard InChI is InChI=1S/C11H12FNO3S/c12-9-3-1-2-4-10(9)13-11(14)8-5-6-17(15,16)7-8/h1-4,8H,5-7H2,(H,13,14)/t8-/m1/s1. The fraction of sp³-hybridized carbons (Fsp3) is 0.364. The van der Waals surface area contributed by atoms with E-state index in [1.165, 1.54) is 18.2 Å². The number of hydrogen-bond acceptors (Lipinski definition) is 3. The van der Waals surface area contributed by atoms with Crippen LogP contribution in [-0.2, 0) is 14.6 Å². The van der Waals surface area contributed by atoms with E-state index in [0.29, 0.717) is 6.42 Å². The average Bonchev–Trinajstić information content (AvgIpc) is 2.62. The van der Waals surface area contributed by atoms with Gasteiger partial charge in [0.2, 0.25) is 5.91 Å². The van der Waals surface area contributed by atoms with E-state index in [2.05, 4.69) is 5.32 Å². The number of anilines is 1. The van der Waals surface area contributed by atoms with Crippen molar-refractivity contribution < 1.29 is 17.6 Å². The Morgan fingerprint density at radius 2 is 2.06 bits per heavy atom. The van der Waals surface area contributed by atoms with Gasteiger partial charge in [-0.1, -0.05) is 12.1 Å². The van der Waals surface area contributed by atoms with E-state index in [1.54, 1.807) is 6.07 Å². The van der Waals surface area contributed by atoms with E-state index in [-0.39, 0.29) is 17.2 Å². The van der Waals surface area contributed by atoms with Gasteiger partial charge in [-0.05, 0) is 18.6 Å². The second-order valence-electron chi connectivity index (χ2n) is 4.07. The minimum Gasteiger partial charge on any atom is -0.323 e. The summed E-state index contributed by atoms with van der Waals surface area (Å²) in [6, 6.07) is 5.80. The van der Waals surface area contributed by atoms with Crippen molar-refractivity contribution in [1.82, 2.24) is 0 Å². The molecule has 1 fully saturated rings. The van der Waals surface area contributed by atoms with Crippen LogP contribution in [0.5, 0.6) is 0 Å². The Labute approximate surface area is 98.8 Å². The smallest absolute Gasteiger partial charge is 0.228 e. The van der Waals surface area contributed by atoms with Crippen molar-refractivity contribution in [2.24, 2.45) is 5.92 Å². The summed E-state index contributed by atoms with van der Waals surface area (Å²) in [4.78, 5) is 11.7. The van der Waals surface area contributed by atoms with Crippen LogP contribution in [0.1, 0.15) is 6.42 Å². The number of benzene rings is 1. The number of para-hydroxylation sites is 1. The number of sulfone groups is 1. The van der Waals surface area contributed by atoms with Gasteiger partial charge in [0.15, 0.2) is 9.84 Å². The van der Waals surface area contributed by atoms with E-state index < -0.39 is 27.5 Å². The number of amides is 1. The molecule has 2 rings (SSSR count). The van der Waals surface area contributed by atoms with Crippen LogP contribution < -0.4 is 5.32 Å². The zero-order valence-corrected chi connectivity index (χ0v) is 9.84. The molecule has 1 saturated heterocycles. The Kier molecular flexibility index (Phi) is 3.15. The van der Waals surface area contributed by atoms with Crippen LogP contribution in [0.15, 0.2) is 24.3 Å². The maximum atomic E-state index is 13.3. The van der Waals surface area contributed by atoms with Crippen LogP contribution in [0.25, 0.3) is 0 Å². The Bertz CT molecular complexity index is 541. The first-order valence-electron chi connectivity index (χ1n) is 5.24. The molecule has 1 aromatic rings. The van der Waals surface area contributed by atoms with Gasteiger partial charge in [-0.15, -0.1) is 0 Å². The van der Waals surface area contributed by atoms with Crippen LogP contribution in [0.3, 0.4) is 0 Å². The minimum atomic E-state index is -3.10. The molecule has 0 spiro atoms. The summed E-state index contributed by atoms with van der Waals surface area (Å²) >= 11 is 0. The molecular weight excluding hydrogens is 245 g/mol. The molecule has 1 N–H and O–H groups in total. The van der Waals surface area contributed by atoms with Crippen LogP contribution in [0.2, 0.25) is 0 Å². The first-order chi connectivity index (χ1) is 7.98. The third-order valence-corrected chi connectivity index (χ3v) is 4.50. The highest BCUT2D eigenvalue weighted by molar-refractivity contribution is 7.91. The Balaban J connectivity index is 2.06. The van der Waals surface area contributed by atoms with Crippen LogP contribution in [0.4, 0.5) is 10.1 Å². The van der Waals surface area contributed by atoms with Crippen molar-refractivity contribution in [2.75, 3.05) is 16.8 Å². The van der Waals surface area contributed by atoms with Gasteiger partial charge in [0.25, 0.3) is 0 Å². The summed E-state index contributed by atoms with van der Waals surface area (Å²) in [7, 11) is -3.10. The first kappa shape index (κ1) is 12.0. The number of carbonyl (C=O) groups excluding carboxylic acids is 1. The fourth-order valence-corrected chi connectivity index (χ4v) is 3.54. The Morgan fingerprint density at radius 3 is 2.65 bits per heavy atom. The number of nitrogens with one attached hydrogen (secondary N) is 1. The summed E-state index contributed by atoms with van der Waals surface area (Å²) in [6.45, 7) is 0. The van der Waals surface area contributed by atoms with Gasteiger partial charge in [-0.25, -0.2) is 12.8 Å². The highest BCUT2D eigenvalue weighted by Crippen LogP contribution is 2.21. The molecule has 1 aliphatic heterocycles. The van der Waals surface area contributed by atoms with E-state index in [4.69, 9.17) is 0 Å². The molecule has 0 aromatic heterocycles. The fourth-order valence-electron chi connectivity index (χ4n) is 1.80. The molecule has 4 nitrogen and oxygen atoms in total. The topological polar surface area (TPSA) is 63.2 Å². The van der Waals surface area contributed by atoms with Gasteiger partial charge in [0.05, 0.1) is 23.1 Å². The first-order valence-corrected chi connectivity index (χ1v) is 7.06. The summed E-state index contributed by atoms with van der Waals surface area (Å²) in [5.74, 6) is -1.65. The number of halogens is 1. The molecule has 0 radical (unpaired) electrons. The van der Waals surface area contributed by atoms with Gasteiger partial charge < -0.3 is 5.32 Å². The largest absolute Gasteiger partial charge is 0.323 e. The third kappa shape index (κ3) is 2.82. The summed E-state index contributed by atoms with van der Waals surface area (Å²) in [6.07, 6.45) is 0.308. The monoisotopic (exact) mass is 257 g/mol. The van der Waals surface area contributed by atoms with Crippen LogP contribution in [0, 0.1) is 11.7 Å². The van der Waals surface area contributed by atoms with Crippen molar-refractivity contribution in [3.8, 4) is 0 Å². The SMILES string of the molecule is O=C(Nc1ccccc1F)[C@@H]1CCS(=O)(=O)C1. The number of hydrogen-bond donors (Lipinski definition) is 1. The maximum Gasteiger partial charge on any atom is 0.228 e. The van der Waals surface area contributed by atoms with Gasteiger partial charge in [-0.2, -0.15) is 0 Å². The van der Waals surface area contributed by atoms with Crippen molar-refractivity contribution >= 4 is 21.4 Å². The zero-order chi connectivity index (χ0) is 12.5. The molecule has 1 aliphatic rings. The lowest BCUT2D eigenvalue weighted by Crippen LogP contribution is -2.24. The highest BCUT2D eigenvalue weighted by Gasteiger charge is 2.33. The molecule has 17 heavy (non-hydrogen) atoms. The maximum absolute atomic E-state index is 13.3. The number of rotatable bonds is 2. The highest BCUT2D eigenvalue weighted by atomic mass is 32.2. The normalized spacial score (nSPS) is 22.3. The molecule has 92 valence electrons. The lowest BCUT2D eigenvalue weighted by molar-refractivity contribution is -0.119. The molecule has 0 bridgehead atoms. The second-order valence-corrected chi connectivity index (χ2v) is 6.30. The predicted molar refractivity (Wildman–Crippen MR) is 61.8 cm³/mol. The minimum absolute atomic E-state index is 0.0301. The van der Waals surface area contributed by atoms with Crippen molar-refractivity contribution in [3.05, 3.63) is 30.1 Å². The Morgan fingerprint density at radius 1 is 1.35 bits per heavy atom. The molecule has 0 saturated carbocycles. The molecular formula is C11H12FNO3S. The Hall–Kier alpha value is -1.43. The van der Waals surface area contributed by atoms with Gasteiger partial charge in [0, 0.05) is 0 Å². The zero-order valence-electron chi connectivity index (χ0n) is 9.02. The average molecular weight is 257 g/mol. The molecule has 0 aliphatic carbocycles. The van der Waals surface area contributed by atoms with E-state index in [9.17, 15) is 17.6 Å². The van der Waals surface area contributed by atoms with Crippen molar-refractivity contribution in [1.29, 1.82) is 0 Å². The van der Waals surface area contributed by atoms with E-state index in [0.717, 1.165) is 0 Å². The van der Waals surface area contributed by atoms with Crippen LogP contribution >= 0.6 is 0 Å². The molecule has 1 atom stereocenters. The summed E-state index contributed by atoms with van der Waals surface area (Å²) < 4.78 is 35.7. The van der Waals surface area contributed by atoms with E-state index >= 15 is 0 Å².